The number of ether oxygens (including phenoxy) is 1. The van der Waals surface area contributed by atoms with Gasteiger partial charge in [-0.1, -0.05) is 29.8 Å². The fraction of sp³-hybridized carbons (Fsp3) is 0.133. The molecule has 0 radical (unpaired) electrons. The Morgan fingerprint density at radius 1 is 1.10 bits per heavy atom. The van der Waals surface area contributed by atoms with Crippen LogP contribution in [0, 0.1) is 0 Å². The summed E-state index contributed by atoms with van der Waals surface area (Å²) in [4.78, 5) is 10.7. The molecule has 0 heterocycles. The lowest BCUT2D eigenvalue weighted by atomic mass is 10.2. The summed E-state index contributed by atoms with van der Waals surface area (Å²) in [5.41, 5.74) is 1.02. The molecule has 0 aromatic heterocycles. The van der Waals surface area contributed by atoms with E-state index in [4.69, 9.17) is 27.9 Å². The van der Waals surface area contributed by atoms with Gasteiger partial charge < -0.3 is 4.74 Å². The smallest absolute Gasteiger partial charge is 0.231 e. The molecular formula is C15H12Cl2O2S. The molecule has 104 valence electrons. The zero-order valence-corrected chi connectivity index (χ0v) is 12.8. The number of benzene rings is 2. The standard InChI is InChI=1S/C15H12Cl2O2S/c16-12-5-7-13(8-6-12)19-14-4-2-1-3-11(14)9-20-10-15(17)18/h1-8H,9-10H2. The zero-order valence-electron chi connectivity index (χ0n) is 10.5. The predicted octanol–water partition coefficient (Wildman–Crippen LogP) is 5.13. The van der Waals surface area contributed by atoms with Gasteiger partial charge in [0.1, 0.15) is 11.5 Å². The van der Waals surface area contributed by atoms with Gasteiger partial charge in [-0.2, -0.15) is 0 Å². The Kier molecular flexibility index (Phi) is 5.77. The third kappa shape index (κ3) is 4.75. The van der Waals surface area contributed by atoms with Gasteiger partial charge in [0.15, 0.2) is 0 Å². The number of hydrogen-bond acceptors (Lipinski definition) is 3. The van der Waals surface area contributed by atoms with Crippen molar-refractivity contribution in [2.24, 2.45) is 0 Å². The maximum Gasteiger partial charge on any atom is 0.231 e. The quantitative estimate of drug-likeness (QED) is 0.688. The lowest BCUT2D eigenvalue weighted by Crippen LogP contribution is -1.93. The number of carbonyl (C=O) groups is 1. The summed E-state index contributed by atoms with van der Waals surface area (Å²) in [5.74, 6) is 2.45. The first-order chi connectivity index (χ1) is 9.65. The van der Waals surface area contributed by atoms with Crippen molar-refractivity contribution in [3.05, 3.63) is 59.1 Å². The molecule has 0 aliphatic carbocycles. The van der Waals surface area contributed by atoms with Crippen LogP contribution in [0.2, 0.25) is 5.02 Å². The summed E-state index contributed by atoms with van der Waals surface area (Å²) < 4.78 is 5.83. The van der Waals surface area contributed by atoms with Crippen molar-refractivity contribution in [1.82, 2.24) is 0 Å². The first-order valence-corrected chi connectivity index (χ1v) is 7.83. The lowest BCUT2D eigenvalue weighted by Gasteiger charge is -2.10. The van der Waals surface area contributed by atoms with E-state index in [1.54, 1.807) is 12.1 Å². The first-order valence-electron chi connectivity index (χ1n) is 5.92. The predicted molar refractivity (Wildman–Crippen MR) is 85.0 cm³/mol. The molecule has 0 aliphatic rings. The molecule has 0 unspecified atom stereocenters. The van der Waals surface area contributed by atoms with Crippen molar-refractivity contribution >= 4 is 40.2 Å². The van der Waals surface area contributed by atoms with Gasteiger partial charge in [0.25, 0.3) is 0 Å². The van der Waals surface area contributed by atoms with Crippen molar-refractivity contribution in [3.63, 3.8) is 0 Å². The Labute approximate surface area is 132 Å². The average molecular weight is 327 g/mol. The fourth-order valence-corrected chi connectivity index (χ4v) is 2.67. The lowest BCUT2D eigenvalue weighted by molar-refractivity contribution is -0.109. The molecule has 0 spiro atoms. The van der Waals surface area contributed by atoms with Crippen molar-refractivity contribution in [1.29, 1.82) is 0 Å². The number of rotatable bonds is 6. The van der Waals surface area contributed by atoms with Gasteiger partial charge in [-0.15, -0.1) is 11.8 Å². The maximum absolute atomic E-state index is 10.7. The molecule has 0 saturated heterocycles. The molecule has 2 rings (SSSR count). The van der Waals surface area contributed by atoms with Crippen molar-refractivity contribution in [2.75, 3.05) is 5.75 Å². The monoisotopic (exact) mass is 326 g/mol. The van der Waals surface area contributed by atoms with E-state index in [9.17, 15) is 4.79 Å². The SMILES string of the molecule is O=C(Cl)CSCc1ccccc1Oc1ccc(Cl)cc1. The van der Waals surface area contributed by atoms with Gasteiger partial charge >= 0.3 is 0 Å². The summed E-state index contributed by atoms with van der Waals surface area (Å²) in [6.45, 7) is 0. The van der Waals surface area contributed by atoms with E-state index in [-0.39, 0.29) is 11.0 Å². The molecule has 0 fully saturated rings. The summed E-state index contributed by atoms with van der Waals surface area (Å²) in [6.07, 6.45) is 0. The Hall–Kier alpha value is -1.16. The molecule has 20 heavy (non-hydrogen) atoms. The highest BCUT2D eigenvalue weighted by molar-refractivity contribution is 7.99. The molecule has 2 nitrogen and oxygen atoms in total. The van der Waals surface area contributed by atoms with Gasteiger partial charge in [0.05, 0.1) is 5.75 Å². The number of hydrogen-bond donors (Lipinski definition) is 0. The molecule has 0 atom stereocenters. The molecule has 5 heteroatoms. The van der Waals surface area contributed by atoms with Crippen molar-refractivity contribution in [2.45, 2.75) is 5.75 Å². The largest absolute Gasteiger partial charge is 0.457 e. The van der Waals surface area contributed by atoms with E-state index in [2.05, 4.69) is 0 Å². The third-order valence-electron chi connectivity index (χ3n) is 2.49. The van der Waals surface area contributed by atoms with Crippen LogP contribution in [0.3, 0.4) is 0 Å². The Morgan fingerprint density at radius 3 is 2.50 bits per heavy atom. The van der Waals surface area contributed by atoms with E-state index in [1.807, 2.05) is 36.4 Å². The molecule has 0 aliphatic heterocycles. The van der Waals surface area contributed by atoms with Crippen LogP contribution in [-0.4, -0.2) is 11.0 Å². The second kappa shape index (κ2) is 7.58. The highest BCUT2D eigenvalue weighted by atomic mass is 35.5. The minimum atomic E-state index is -0.342. The van der Waals surface area contributed by atoms with Crippen LogP contribution >= 0.6 is 35.0 Å². The molecule has 0 saturated carbocycles. The van der Waals surface area contributed by atoms with E-state index >= 15 is 0 Å². The Morgan fingerprint density at radius 2 is 1.80 bits per heavy atom. The highest BCUT2D eigenvalue weighted by Gasteiger charge is 2.06. The van der Waals surface area contributed by atoms with Crippen molar-refractivity contribution in [3.8, 4) is 11.5 Å². The average Bonchev–Trinajstić information content (AvgIpc) is 2.43. The van der Waals surface area contributed by atoms with E-state index in [0.29, 0.717) is 10.8 Å². The zero-order chi connectivity index (χ0) is 14.4. The number of carbonyl (C=O) groups excluding carboxylic acids is 1. The summed E-state index contributed by atoms with van der Waals surface area (Å²) in [5, 5.41) is 0.327. The fourth-order valence-electron chi connectivity index (χ4n) is 1.59. The van der Waals surface area contributed by atoms with Crippen molar-refractivity contribution < 1.29 is 9.53 Å². The van der Waals surface area contributed by atoms with Crippen LogP contribution < -0.4 is 4.74 Å². The molecule has 2 aromatic rings. The summed E-state index contributed by atoms with van der Waals surface area (Å²) in [7, 11) is 0. The van der Waals surface area contributed by atoms with E-state index in [1.165, 1.54) is 11.8 Å². The number of thioether (sulfide) groups is 1. The molecular weight excluding hydrogens is 315 g/mol. The molecule has 2 aromatic carbocycles. The van der Waals surface area contributed by atoms with Gasteiger partial charge in [0.2, 0.25) is 5.24 Å². The number of para-hydroxylation sites is 1. The second-order valence-corrected chi connectivity index (χ2v) is 5.86. The maximum atomic E-state index is 10.7. The van der Waals surface area contributed by atoms with Gasteiger partial charge in [-0.3, -0.25) is 4.79 Å². The van der Waals surface area contributed by atoms with Crippen LogP contribution in [0.4, 0.5) is 0 Å². The van der Waals surface area contributed by atoms with Gasteiger partial charge in [-0.25, -0.2) is 0 Å². The van der Waals surface area contributed by atoms with E-state index < -0.39 is 0 Å². The molecule has 0 bridgehead atoms. The van der Waals surface area contributed by atoms with Gasteiger partial charge in [-0.05, 0) is 41.9 Å². The van der Waals surface area contributed by atoms with Crippen LogP contribution in [0.15, 0.2) is 48.5 Å². The number of halogens is 2. The third-order valence-corrected chi connectivity index (χ3v) is 4.01. The van der Waals surface area contributed by atoms with Crippen LogP contribution in [0.25, 0.3) is 0 Å². The highest BCUT2D eigenvalue weighted by Crippen LogP contribution is 2.28. The summed E-state index contributed by atoms with van der Waals surface area (Å²) in [6, 6.07) is 14.9. The van der Waals surface area contributed by atoms with E-state index in [0.717, 1.165) is 17.1 Å². The van der Waals surface area contributed by atoms with Crippen LogP contribution in [0.5, 0.6) is 11.5 Å². The normalized spacial score (nSPS) is 10.3. The van der Waals surface area contributed by atoms with Crippen LogP contribution in [-0.2, 0) is 10.5 Å². The second-order valence-electron chi connectivity index (χ2n) is 4.01. The Balaban J connectivity index is 2.07. The van der Waals surface area contributed by atoms with Gasteiger partial charge in [0, 0.05) is 16.3 Å². The minimum absolute atomic E-state index is 0.289. The summed E-state index contributed by atoms with van der Waals surface area (Å²) >= 11 is 12.6. The minimum Gasteiger partial charge on any atom is -0.457 e. The topological polar surface area (TPSA) is 26.3 Å². The molecule has 0 amide bonds. The van der Waals surface area contributed by atoms with Crippen LogP contribution in [0.1, 0.15) is 5.56 Å². The molecule has 0 N–H and O–H groups in total. The Bertz CT molecular complexity index is 585. The first kappa shape index (κ1) is 15.2.